The van der Waals surface area contributed by atoms with Crippen molar-refractivity contribution >= 4 is 28.4 Å². The summed E-state index contributed by atoms with van der Waals surface area (Å²) in [6, 6.07) is 3.37. The van der Waals surface area contributed by atoms with Crippen LogP contribution in [0.15, 0.2) is 30.9 Å². The summed E-state index contributed by atoms with van der Waals surface area (Å²) in [5, 5.41) is 13.6. The molecule has 3 aromatic rings. The third-order valence-corrected chi connectivity index (χ3v) is 4.24. The van der Waals surface area contributed by atoms with Gasteiger partial charge in [-0.1, -0.05) is 0 Å². The SMILES string of the molecule is O=[N+]([O-])c1ccc(Nc2ncnc3c2ncn3C2CCCCO2)c(F)c1. The van der Waals surface area contributed by atoms with Crippen LogP contribution < -0.4 is 5.32 Å². The maximum atomic E-state index is 14.1. The molecule has 26 heavy (non-hydrogen) atoms. The minimum atomic E-state index is -0.749. The predicted octanol–water partition coefficient (Wildman–Crippen LogP) is 3.32. The lowest BCUT2D eigenvalue weighted by molar-refractivity contribution is -0.385. The molecule has 1 atom stereocenters. The van der Waals surface area contributed by atoms with Crippen molar-refractivity contribution in [1.82, 2.24) is 19.5 Å². The quantitative estimate of drug-likeness (QED) is 0.563. The Balaban J connectivity index is 1.67. The number of benzene rings is 1. The Kier molecular flexibility index (Phi) is 4.17. The van der Waals surface area contributed by atoms with Gasteiger partial charge in [-0.2, -0.15) is 0 Å². The van der Waals surface area contributed by atoms with Gasteiger partial charge in [0, 0.05) is 12.7 Å². The van der Waals surface area contributed by atoms with Gasteiger partial charge in [0.15, 0.2) is 22.8 Å². The molecule has 0 saturated carbocycles. The van der Waals surface area contributed by atoms with Gasteiger partial charge in [-0.15, -0.1) is 0 Å². The lowest BCUT2D eigenvalue weighted by Crippen LogP contribution is -2.17. The van der Waals surface area contributed by atoms with E-state index in [2.05, 4.69) is 20.3 Å². The molecular formula is C16H15FN6O3. The number of hydrogen-bond acceptors (Lipinski definition) is 7. The first-order chi connectivity index (χ1) is 12.6. The number of nitrogens with zero attached hydrogens (tertiary/aromatic N) is 5. The summed E-state index contributed by atoms with van der Waals surface area (Å²) >= 11 is 0. The number of nitrogens with one attached hydrogen (secondary N) is 1. The molecule has 3 heterocycles. The standard InChI is InChI=1S/C16H15FN6O3/c17-11-7-10(23(24)25)4-5-12(11)21-15-14-16(19-8-18-15)22(9-20-14)13-3-1-2-6-26-13/h4-5,7-9,13H,1-3,6H2,(H,18,19,21). The van der Waals surface area contributed by atoms with E-state index in [4.69, 9.17) is 4.74 Å². The zero-order valence-corrected chi connectivity index (χ0v) is 13.6. The highest BCUT2D eigenvalue weighted by atomic mass is 19.1. The number of nitro benzene ring substituents is 1. The number of anilines is 2. The van der Waals surface area contributed by atoms with Crippen LogP contribution >= 0.6 is 0 Å². The average molecular weight is 358 g/mol. The predicted molar refractivity (Wildman–Crippen MR) is 90.5 cm³/mol. The van der Waals surface area contributed by atoms with Crippen LogP contribution in [0.25, 0.3) is 11.2 Å². The summed E-state index contributed by atoms with van der Waals surface area (Å²) in [4.78, 5) is 22.8. The van der Waals surface area contributed by atoms with Gasteiger partial charge in [-0.05, 0) is 25.3 Å². The van der Waals surface area contributed by atoms with Crippen molar-refractivity contribution in [2.24, 2.45) is 0 Å². The van der Waals surface area contributed by atoms with Gasteiger partial charge in [0.2, 0.25) is 0 Å². The smallest absolute Gasteiger partial charge is 0.272 e. The van der Waals surface area contributed by atoms with Crippen molar-refractivity contribution in [3.8, 4) is 0 Å². The molecule has 0 amide bonds. The van der Waals surface area contributed by atoms with Gasteiger partial charge >= 0.3 is 0 Å². The third-order valence-electron chi connectivity index (χ3n) is 4.24. The van der Waals surface area contributed by atoms with Gasteiger partial charge < -0.3 is 10.1 Å². The Labute approximate surface area is 147 Å². The summed E-state index contributed by atoms with van der Waals surface area (Å²) in [5.41, 5.74) is 0.801. The normalized spacial score (nSPS) is 17.3. The molecule has 1 saturated heterocycles. The van der Waals surface area contributed by atoms with E-state index >= 15 is 0 Å². The van der Waals surface area contributed by atoms with Crippen LogP contribution in [0.1, 0.15) is 25.5 Å². The van der Waals surface area contributed by atoms with E-state index < -0.39 is 10.7 Å². The summed E-state index contributed by atoms with van der Waals surface area (Å²) in [6.45, 7) is 0.689. The number of rotatable bonds is 4. The highest BCUT2D eigenvalue weighted by Gasteiger charge is 2.20. The van der Waals surface area contributed by atoms with Crippen LogP contribution in [-0.4, -0.2) is 31.0 Å². The van der Waals surface area contributed by atoms with Gasteiger partial charge in [0.25, 0.3) is 5.69 Å². The summed E-state index contributed by atoms with van der Waals surface area (Å²) in [7, 11) is 0. The first kappa shape index (κ1) is 16.3. The molecule has 1 aliphatic rings. The van der Waals surface area contributed by atoms with Crippen molar-refractivity contribution in [3.63, 3.8) is 0 Å². The minimum absolute atomic E-state index is 0.0686. The van der Waals surface area contributed by atoms with Crippen LogP contribution in [-0.2, 0) is 4.74 Å². The largest absolute Gasteiger partial charge is 0.358 e. The zero-order valence-electron chi connectivity index (χ0n) is 13.6. The van der Waals surface area contributed by atoms with Crippen LogP contribution in [0, 0.1) is 15.9 Å². The van der Waals surface area contributed by atoms with Crippen molar-refractivity contribution in [2.75, 3.05) is 11.9 Å². The molecular weight excluding hydrogens is 343 g/mol. The molecule has 134 valence electrons. The number of aromatic nitrogens is 4. The summed E-state index contributed by atoms with van der Waals surface area (Å²) < 4.78 is 21.7. The molecule has 0 bridgehead atoms. The van der Waals surface area contributed by atoms with E-state index in [9.17, 15) is 14.5 Å². The van der Waals surface area contributed by atoms with E-state index in [-0.39, 0.29) is 17.6 Å². The van der Waals surface area contributed by atoms with Gasteiger partial charge in [0.1, 0.15) is 12.6 Å². The second-order valence-corrected chi connectivity index (χ2v) is 5.91. The number of fused-ring (bicyclic) bond motifs is 1. The molecule has 10 heteroatoms. The second kappa shape index (κ2) is 6.64. The van der Waals surface area contributed by atoms with Gasteiger partial charge in [-0.3, -0.25) is 14.7 Å². The van der Waals surface area contributed by atoms with Crippen LogP contribution in [0.2, 0.25) is 0 Å². The molecule has 0 aliphatic carbocycles. The molecule has 1 fully saturated rings. The molecule has 9 nitrogen and oxygen atoms in total. The van der Waals surface area contributed by atoms with Crippen LogP contribution in [0.5, 0.6) is 0 Å². The number of non-ortho nitro benzene ring substituents is 1. The lowest BCUT2D eigenvalue weighted by atomic mass is 10.2. The van der Waals surface area contributed by atoms with E-state index in [1.807, 2.05) is 4.57 Å². The van der Waals surface area contributed by atoms with Crippen molar-refractivity contribution in [2.45, 2.75) is 25.5 Å². The van der Waals surface area contributed by atoms with Crippen LogP contribution in [0.4, 0.5) is 21.6 Å². The average Bonchev–Trinajstić information content (AvgIpc) is 3.09. The van der Waals surface area contributed by atoms with E-state index in [0.29, 0.717) is 23.6 Å². The lowest BCUT2D eigenvalue weighted by Gasteiger charge is -2.23. The third kappa shape index (κ3) is 2.94. The summed E-state index contributed by atoms with van der Waals surface area (Å²) in [6.07, 6.45) is 5.82. The van der Waals surface area contributed by atoms with Crippen molar-refractivity contribution < 1.29 is 14.1 Å². The molecule has 0 spiro atoms. The molecule has 0 radical (unpaired) electrons. The van der Waals surface area contributed by atoms with E-state index in [1.165, 1.54) is 18.5 Å². The number of halogens is 1. The fourth-order valence-corrected chi connectivity index (χ4v) is 2.94. The van der Waals surface area contributed by atoms with Crippen molar-refractivity contribution in [1.29, 1.82) is 0 Å². The topological polar surface area (TPSA) is 108 Å². The van der Waals surface area contributed by atoms with Crippen molar-refractivity contribution in [3.05, 3.63) is 46.8 Å². The Morgan fingerprint density at radius 2 is 2.19 bits per heavy atom. The fourth-order valence-electron chi connectivity index (χ4n) is 2.94. The first-order valence-electron chi connectivity index (χ1n) is 8.13. The van der Waals surface area contributed by atoms with Gasteiger partial charge in [0.05, 0.1) is 23.0 Å². The molecule has 2 aromatic heterocycles. The van der Waals surface area contributed by atoms with Gasteiger partial charge in [-0.25, -0.2) is 19.3 Å². The Bertz CT molecular complexity index is 970. The Hall–Kier alpha value is -3.14. The summed E-state index contributed by atoms with van der Waals surface area (Å²) in [5.74, 6) is -0.432. The van der Waals surface area contributed by atoms with Crippen LogP contribution in [0.3, 0.4) is 0 Å². The Morgan fingerprint density at radius 1 is 1.31 bits per heavy atom. The number of hydrogen-bond donors (Lipinski definition) is 1. The second-order valence-electron chi connectivity index (χ2n) is 5.91. The Morgan fingerprint density at radius 3 is 2.92 bits per heavy atom. The molecule has 1 aliphatic heterocycles. The number of nitro groups is 1. The molecule has 4 rings (SSSR count). The first-order valence-corrected chi connectivity index (χ1v) is 8.13. The maximum Gasteiger partial charge on any atom is 0.272 e. The number of imidazole rings is 1. The highest BCUT2D eigenvalue weighted by molar-refractivity contribution is 5.85. The fraction of sp³-hybridized carbons (Fsp3) is 0.312. The maximum absolute atomic E-state index is 14.1. The molecule has 1 N–H and O–H groups in total. The monoisotopic (exact) mass is 358 g/mol. The zero-order chi connectivity index (χ0) is 18.1. The number of ether oxygens (including phenoxy) is 1. The molecule has 1 aromatic carbocycles. The minimum Gasteiger partial charge on any atom is -0.358 e. The molecule has 1 unspecified atom stereocenters. The highest BCUT2D eigenvalue weighted by Crippen LogP contribution is 2.29. The van der Waals surface area contributed by atoms with E-state index in [1.54, 1.807) is 6.33 Å². The van der Waals surface area contributed by atoms with E-state index in [0.717, 1.165) is 25.3 Å².